The standard InChI is InChI=1S/C16H26NO2/c1-12-8-10-13(11-9-12)17(18)14(15(2,3)4)19-16(5,6)7/h8-11,14H,1-7H3/t14-/m0/s1. The maximum absolute atomic E-state index is 12.6. The molecule has 0 aliphatic heterocycles. The fourth-order valence-electron chi connectivity index (χ4n) is 1.74. The normalized spacial score (nSPS) is 14.3. The first-order valence-corrected chi connectivity index (χ1v) is 6.71. The quantitative estimate of drug-likeness (QED) is 0.601. The smallest absolute Gasteiger partial charge is 0.162 e. The summed E-state index contributed by atoms with van der Waals surface area (Å²) in [4.78, 5) is 0. The summed E-state index contributed by atoms with van der Waals surface area (Å²) in [5.74, 6) is 0. The van der Waals surface area contributed by atoms with E-state index in [1.54, 1.807) is 0 Å². The third kappa shape index (κ3) is 4.84. The van der Waals surface area contributed by atoms with Crippen LogP contribution in [0.15, 0.2) is 24.3 Å². The second-order valence-electron chi connectivity index (χ2n) is 7.11. The lowest BCUT2D eigenvalue weighted by Gasteiger charge is -2.39. The summed E-state index contributed by atoms with van der Waals surface area (Å²) in [7, 11) is 0. The third-order valence-corrected chi connectivity index (χ3v) is 2.71. The molecule has 19 heavy (non-hydrogen) atoms. The Morgan fingerprint density at radius 3 is 1.84 bits per heavy atom. The van der Waals surface area contributed by atoms with Gasteiger partial charge in [0.1, 0.15) is 0 Å². The predicted molar refractivity (Wildman–Crippen MR) is 78.4 cm³/mol. The van der Waals surface area contributed by atoms with E-state index in [-0.39, 0.29) is 11.0 Å². The van der Waals surface area contributed by atoms with Crippen LogP contribution in [-0.4, -0.2) is 11.8 Å². The fraction of sp³-hybridized carbons (Fsp3) is 0.625. The van der Waals surface area contributed by atoms with Gasteiger partial charge in [-0.05, 0) is 39.8 Å². The second-order valence-corrected chi connectivity index (χ2v) is 7.11. The predicted octanol–water partition coefficient (Wildman–Crippen LogP) is 4.33. The molecule has 0 saturated carbocycles. The highest BCUT2D eigenvalue weighted by molar-refractivity contribution is 5.45. The molecule has 0 fully saturated rings. The highest BCUT2D eigenvalue weighted by Crippen LogP contribution is 2.31. The highest BCUT2D eigenvalue weighted by atomic mass is 16.6. The molecule has 0 heterocycles. The van der Waals surface area contributed by atoms with Gasteiger partial charge in [0.25, 0.3) is 0 Å². The maximum atomic E-state index is 12.6. The Hall–Kier alpha value is -1.06. The second kappa shape index (κ2) is 5.51. The van der Waals surface area contributed by atoms with Crippen LogP contribution in [0.2, 0.25) is 0 Å². The van der Waals surface area contributed by atoms with Crippen LogP contribution in [0.3, 0.4) is 0 Å². The van der Waals surface area contributed by atoms with Crippen molar-refractivity contribution in [2.45, 2.75) is 60.3 Å². The molecular weight excluding hydrogens is 238 g/mol. The van der Waals surface area contributed by atoms with E-state index in [4.69, 9.17) is 4.74 Å². The van der Waals surface area contributed by atoms with E-state index in [1.165, 1.54) is 0 Å². The number of hydrogen-bond acceptors (Lipinski definition) is 2. The van der Waals surface area contributed by atoms with Gasteiger partial charge < -0.3 is 4.74 Å². The first-order valence-electron chi connectivity index (χ1n) is 6.71. The Balaban J connectivity index is 3.01. The Kier molecular flexibility index (Phi) is 4.64. The topological polar surface area (TPSA) is 32.4 Å². The Bertz CT molecular complexity index is 398. The molecule has 0 amide bonds. The average Bonchev–Trinajstić information content (AvgIpc) is 2.23. The average molecular weight is 264 g/mol. The summed E-state index contributed by atoms with van der Waals surface area (Å²) < 4.78 is 5.96. The summed E-state index contributed by atoms with van der Waals surface area (Å²) in [6.45, 7) is 14.0. The molecule has 1 rings (SSSR count). The minimum atomic E-state index is -0.518. The molecule has 0 spiro atoms. The van der Waals surface area contributed by atoms with E-state index in [0.717, 1.165) is 10.6 Å². The van der Waals surface area contributed by atoms with Crippen molar-refractivity contribution < 1.29 is 9.94 Å². The van der Waals surface area contributed by atoms with Gasteiger partial charge in [-0.15, -0.1) is 0 Å². The number of rotatable bonds is 3. The number of anilines is 1. The number of hydroxylamine groups is 1. The molecule has 1 aromatic carbocycles. The zero-order valence-electron chi connectivity index (χ0n) is 13.2. The van der Waals surface area contributed by atoms with E-state index in [9.17, 15) is 5.21 Å². The first kappa shape index (κ1) is 16.0. The van der Waals surface area contributed by atoms with Gasteiger partial charge in [-0.3, -0.25) is 0 Å². The van der Waals surface area contributed by atoms with Crippen LogP contribution in [-0.2, 0) is 9.94 Å². The van der Waals surface area contributed by atoms with Crippen molar-refractivity contribution in [1.82, 2.24) is 0 Å². The largest absolute Gasteiger partial charge is 0.350 e. The molecule has 1 atom stereocenters. The molecule has 0 aliphatic rings. The van der Waals surface area contributed by atoms with Crippen LogP contribution < -0.4 is 5.06 Å². The van der Waals surface area contributed by atoms with Gasteiger partial charge >= 0.3 is 0 Å². The van der Waals surface area contributed by atoms with Crippen molar-refractivity contribution in [3.63, 3.8) is 0 Å². The SMILES string of the molecule is Cc1ccc(N([O])[C@@H](OC(C)(C)C)C(C)(C)C)cc1. The summed E-state index contributed by atoms with van der Waals surface area (Å²) in [6.07, 6.45) is -0.518. The number of nitrogens with zero attached hydrogens (tertiary/aromatic N) is 1. The molecule has 0 aromatic heterocycles. The molecule has 0 unspecified atom stereocenters. The van der Waals surface area contributed by atoms with Gasteiger partial charge in [0.05, 0.1) is 11.3 Å². The zero-order chi connectivity index (χ0) is 14.8. The molecule has 3 nitrogen and oxygen atoms in total. The Morgan fingerprint density at radius 1 is 1.00 bits per heavy atom. The molecule has 107 valence electrons. The van der Waals surface area contributed by atoms with E-state index in [1.807, 2.05) is 72.7 Å². The molecular formula is C16H26NO2. The molecule has 1 radical (unpaired) electrons. The van der Waals surface area contributed by atoms with Gasteiger partial charge in [0, 0.05) is 5.41 Å². The molecule has 0 aliphatic carbocycles. The summed E-state index contributed by atoms with van der Waals surface area (Å²) >= 11 is 0. The zero-order valence-corrected chi connectivity index (χ0v) is 13.2. The minimum Gasteiger partial charge on any atom is -0.350 e. The van der Waals surface area contributed by atoms with Crippen molar-refractivity contribution in [2.75, 3.05) is 5.06 Å². The van der Waals surface area contributed by atoms with Crippen molar-refractivity contribution in [1.29, 1.82) is 0 Å². The minimum absolute atomic E-state index is 0.264. The van der Waals surface area contributed by atoms with Crippen LogP contribution in [0.4, 0.5) is 5.69 Å². The third-order valence-electron chi connectivity index (χ3n) is 2.71. The maximum Gasteiger partial charge on any atom is 0.162 e. The lowest BCUT2D eigenvalue weighted by molar-refractivity contribution is -0.145. The number of benzene rings is 1. The van der Waals surface area contributed by atoms with Crippen LogP contribution in [0.5, 0.6) is 0 Å². The summed E-state index contributed by atoms with van der Waals surface area (Å²) in [5, 5.41) is 13.5. The molecule has 0 N–H and O–H groups in total. The number of hydrogen-bond donors (Lipinski definition) is 0. The number of aryl methyl sites for hydroxylation is 1. The molecule has 0 bridgehead atoms. The lowest BCUT2D eigenvalue weighted by atomic mass is 9.93. The highest BCUT2D eigenvalue weighted by Gasteiger charge is 2.35. The van der Waals surface area contributed by atoms with Gasteiger partial charge in [0.15, 0.2) is 6.23 Å². The van der Waals surface area contributed by atoms with Crippen molar-refractivity contribution >= 4 is 5.69 Å². The van der Waals surface area contributed by atoms with Crippen LogP contribution in [0.1, 0.15) is 47.1 Å². The van der Waals surface area contributed by atoms with Crippen molar-refractivity contribution in [3.8, 4) is 0 Å². The van der Waals surface area contributed by atoms with Gasteiger partial charge in [0.2, 0.25) is 0 Å². The van der Waals surface area contributed by atoms with E-state index in [2.05, 4.69) is 0 Å². The molecule has 3 heteroatoms. The first-order chi connectivity index (χ1) is 8.50. The molecule has 0 saturated heterocycles. The van der Waals surface area contributed by atoms with Gasteiger partial charge in [-0.1, -0.05) is 43.7 Å². The monoisotopic (exact) mass is 264 g/mol. The van der Waals surface area contributed by atoms with Gasteiger partial charge in [-0.2, -0.15) is 5.06 Å². The summed E-state index contributed by atoms with van der Waals surface area (Å²) in [6, 6.07) is 7.56. The van der Waals surface area contributed by atoms with Crippen molar-refractivity contribution in [2.24, 2.45) is 5.41 Å². The van der Waals surface area contributed by atoms with Crippen LogP contribution >= 0.6 is 0 Å². The van der Waals surface area contributed by atoms with E-state index in [0.29, 0.717) is 5.69 Å². The fourth-order valence-corrected chi connectivity index (χ4v) is 1.74. The Labute approximate surface area is 117 Å². The van der Waals surface area contributed by atoms with Crippen LogP contribution in [0, 0.1) is 12.3 Å². The molecule has 1 aromatic rings. The van der Waals surface area contributed by atoms with Gasteiger partial charge in [-0.25, -0.2) is 0 Å². The number of ether oxygens (including phenoxy) is 1. The van der Waals surface area contributed by atoms with Crippen LogP contribution in [0.25, 0.3) is 0 Å². The van der Waals surface area contributed by atoms with Crippen molar-refractivity contribution in [3.05, 3.63) is 29.8 Å². The summed E-state index contributed by atoms with van der Waals surface area (Å²) in [5.41, 5.74) is 1.15. The Morgan fingerprint density at radius 2 is 1.47 bits per heavy atom. The lowest BCUT2D eigenvalue weighted by Crippen LogP contribution is -2.47. The van der Waals surface area contributed by atoms with E-state index < -0.39 is 6.23 Å². The van der Waals surface area contributed by atoms with E-state index >= 15 is 0 Å².